The van der Waals surface area contributed by atoms with Crippen molar-refractivity contribution in [2.45, 2.75) is 51.7 Å². The molecule has 0 unspecified atom stereocenters. The highest BCUT2D eigenvalue weighted by Crippen LogP contribution is 2.17. The molecule has 23 heavy (non-hydrogen) atoms. The highest BCUT2D eigenvalue weighted by molar-refractivity contribution is 5.69. The summed E-state index contributed by atoms with van der Waals surface area (Å²) in [7, 11) is 3.98. The molecule has 0 aromatic heterocycles. The summed E-state index contributed by atoms with van der Waals surface area (Å²) in [6.45, 7) is 8.03. The number of carbonyl (C=O) groups excluding carboxylic acids is 2. The molecule has 7 heteroatoms. The molecule has 0 aromatic rings. The van der Waals surface area contributed by atoms with Crippen molar-refractivity contribution in [2.75, 3.05) is 40.3 Å². The fourth-order valence-electron chi connectivity index (χ4n) is 2.31. The normalized spacial score (nSPS) is 18.7. The summed E-state index contributed by atoms with van der Waals surface area (Å²) < 4.78 is 10.8. The van der Waals surface area contributed by atoms with E-state index in [0.29, 0.717) is 19.6 Å². The number of carbonyl (C=O) groups is 2. The zero-order valence-electron chi connectivity index (χ0n) is 15.1. The lowest BCUT2D eigenvalue weighted by Crippen LogP contribution is -2.46. The van der Waals surface area contributed by atoms with Gasteiger partial charge in [-0.2, -0.15) is 0 Å². The van der Waals surface area contributed by atoms with Crippen LogP contribution in [0.2, 0.25) is 0 Å². The molecule has 1 aliphatic heterocycles. The number of hydrogen-bond donors (Lipinski definition) is 1. The number of rotatable bonds is 5. The molecule has 0 bridgehead atoms. The van der Waals surface area contributed by atoms with E-state index in [1.165, 1.54) is 0 Å². The fraction of sp³-hybridized carbons (Fsp3) is 0.875. The molecular weight excluding hydrogens is 298 g/mol. The van der Waals surface area contributed by atoms with Crippen LogP contribution in [-0.4, -0.2) is 74.0 Å². The maximum absolute atomic E-state index is 12.1. The van der Waals surface area contributed by atoms with Crippen LogP contribution in [0.15, 0.2) is 0 Å². The predicted molar refractivity (Wildman–Crippen MR) is 88.5 cm³/mol. The summed E-state index contributed by atoms with van der Waals surface area (Å²) in [5.74, 6) is 0. The first-order chi connectivity index (χ1) is 10.7. The number of alkyl carbamates (subject to hydrolysis) is 1. The average molecular weight is 329 g/mol. The Labute approximate surface area is 139 Å². The molecule has 0 saturated carbocycles. The van der Waals surface area contributed by atoms with E-state index in [1.807, 2.05) is 34.9 Å². The fourth-order valence-corrected chi connectivity index (χ4v) is 2.31. The summed E-state index contributed by atoms with van der Waals surface area (Å²) in [5.41, 5.74) is -0.519. The summed E-state index contributed by atoms with van der Waals surface area (Å²) >= 11 is 0. The molecule has 134 valence electrons. The van der Waals surface area contributed by atoms with Gasteiger partial charge in [-0.15, -0.1) is 0 Å². The number of piperidine rings is 1. The highest BCUT2D eigenvalue weighted by atomic mass is 16.6. The van der Waals surface area contributed by atoms with E-state index in [0.717, 1.165) is 25.8 Å². The van der Waals surface area contributed by atoms with Gasteiger partial charge in [0.1, 0.15) is 11.7 Å². The molecule has 1 heterocycles. The lowest BCUT2D eigenvalue weighted by Gasteiger charge is -2.33. The SMILES string of the molecule is CN(C)CCCNC(=O)O[C@@H]1CCCN(C(=O)OC(C)(C)C)C1. The molecule has 0 aromatic carbocycles. The van der Waals surface area contributed by atoms with E-state index in [-0.39, 0.29) is 12.2 Å². The molecule has 2 amide bonds. The van der Waals surface area contributed by atoms with Crippen molar-refractivity contribution in [3.8, 4) is 0 Å². The molecule has 1 aliphatic rings. The van der Waals surface area contributed by atoms with Gasteiger partial charge in [0.25, 0.3) is 0 Å². The lowest BCUT2D eigenvalue weighted by molar-refractivity contribution is -0.000997. The van der Waals surface area contributed by atoms with Gasteiger partial charge in [0.15, 0.2) is 0 Å². The number of hydrogen-bond acceptors (Lipinski definition) is 5. The smallest absolute Gasteiger partial charge is 0.410 e. The van der Waals surface area contributed by atoms with Crippen LogP contribution in [0.3, 0.4) is 0 Å². The summed E-state index contributed by atoms with van der Waals surface area (Å²) in [4.78, 5) is 27.5. The average Bonchev–Trinajstić information content (AvgIpc) is 2.42. The second kappa shape index (κ2) is 8.96. The second-order valence-corrected chi connectivity index (χ2v) is 7.18. The van der Waals surface area contributed by atoms with Gasteiger partial charge in [-0.05, 0) is 60.7 Å². The van der Waals surface area contributed by atoms with Crippen LogP contribution in [0.4, 0.5) is 9.59 Å². The van der Waals surface area contributed by atoms with Gasteiger partial charge >= 0.3 is 12.2 Å². The number of ether oxygens (including phenoxy) is 2. The number of nitrogens with one attached hydrogen (secondary N) is 1. The van der Waals surface area contributed by atoms with Crippen LogP contribution in [0.25, 0.3) is 0 Å². The van der Waals surface area contributed by atoms with E-state index in [1.54, 1.807) is 4.90 Å². The summed E-state index contributed by atoms with van der Waals surface area (Å²) in [6.07, 6.45) is 1.40. The van der Waals surface area contributed by atoms with Crippen molar-refractivity contribution in [2.24, 2.45) is 0 Å². The minimum atomic E-state index is -0.519. The van der Waals surface area contributed by atoms with E-state index in [4.69, 9.17) is 9.47 Å². The molecule has 1 saturated heterocycles. The van der Waals surface area contributed by atoms with Crippen molar-refractivity contribution >= 4 is 12.2 Å². The van der Waals surface area contributed by atoms with Crippen molar-refractivity contribution in [3.63, 3.8) is 0 Å². The highest BCUT2D eigenvalue weighted by Gasteiger charge is 2.29. The topological polar surface area (TPSA) is 71.1 Å². The van der Waals surface area contributed by atoms with Gasteiger partial charge < -0.3 is 24.6 Å². The third-order valence-corrected chi connectivity index (χ3v) is 3.35. The van der Waals surface area contributed by atoms with Gasteiger partial charge in [0.05, 0.1) is 6.54 Å². The molecule has 1 rings (SSSR count). The Morgan fingerprint density at radius 2 is 2.00 bits per heavy atom. The van der Waals surface area contributed by atoms with Crippen LogP contribution in [0, 0.1) is 0 Å². The Morgan fingerprint density at radius 1 is 1.30 bits per heavy atom. The number of likely N-dealkylation sites (tertiary alicyclic amines) is 1. The predicted octanol–water partition coefficient (Wildman–Crippen LogP) is 2.06. The monoisotopic (exact) mass is 329 g/mol. The number of amides is 2. The molecular formula is C16H31N3O4. The van der Waals surface area contributed by atoms with Crippen molar-refractivity contribution in [3.05, 3.63) is 0 Å². The van der Waals surface area contributed by atoms with Crippen LogP contribution in [0.5, 0.6) is 0 Å². The van der Waals surface area contributed by atoms with Gasteiger partial charge in [-0.25, -0.2) is 9.59 Å². The zero-order valence-corrected chi connectivity index (χ0v) is 15.1. The summed E-state index contributed by atoms with van der Waals surface area (Å²) in [6, 6.07) is 0. The lowest BCUT2D eigenvalue weighted by atomic mass is 10.1. The van der Waals surface area contributed by atoms with Crippen LogP contribution in [0.1, 0.15) is 40.0 Å². The quantitative estimate of drug-likeness (QED) is 0.782. The Balaban J connectivity index is 2.32. The molecule has 0 aliphatic carbocycles. The van der Waals surface area contributed by atoms with Gasteiger partial charge in [-0.1, -0.05) is 0 Å². The van der Waals surface area contributed by atoms with E-state index in [2.05, 4.69) is 10.2 Å². The second-order valence-electron chi connectivity index (χ2n) is 7.18. The Kier molecular flexibility index (Phi) is 7.61. The van der Waals surface area contributed by atoms with E-state index >= 15 is 0 Å². The first-order valence-corrected chi connectivity index (χ1v) is 8.24. The van der Waals surface area contributed by atoms with Crippen molar-refractivity contribution in [1.82, 2.24) is 15.1 Å². The Bertz CT molecular complexity index is 393. The Hall–Kier alpha value is -1.50. The van der Waals surface area contributed by atoms with E-state index < -0.39 is 11.7 Å². The van der Waals surface area contributed by atoms with Gasteiger partial charge in [0.2, 0.25) is 0 Å². The standard InChI is InChI=1S/C16H31N3O4/c1-16(2,3)23-15(21)19-11-6-8-13(12-19)22-14(20)17-9-7-10-18(4)5/h13H,6-12H2,1-5H3,(H,17,20)/t13-/m1/s1. The zero-order chi connectivity index (χ0) is 17.5. The van der Waals surface area contributed by atoms with Crippen LogP contribution in [-0.2, 0) is 9.47 Å². The van der Waals surface area contributed by atoms with Gasteiger partial charge in [0, 0.05) is 13.1 Å². The van der Waals surface area contributed by atoms with Gasteiger partial charge in [-0.3, -0.25) is 0 Å². The van der Waals surface area contributed by atoms with Crippen LogP contribution < -0.4 is 5.32 Å². The third kappa shape index (κ3) is 8.64. The maximum Gasteiger partial charge on any atom is 0.410 e. The Morgan fingerprint density at radius 3 is 2.61 bits per heavy atom. The minimum absolute atomic E-state index is 0.273. The number of nitrogens with zero attached hydrogens (tertiary/aromatic N) is 2. The molecule has 1 N–H and O–H groups in total. The largest absolute Gasteiger partial charge is 0.444 e. The first-order valence-electron chi connectivity index (χ1n) is 8.24. The molecule has 7 nitrogen and oxygen atoms in total. The molecule has 0 spiro atoms. The molecule has 0 radical (unpaired) electrons. The van der Waals surface area contributed by atoms with Crippen molar-refractivity contribution in [1.29, 1.82) is 0 Å². The first kappa shape index (κ1) is 19.5. The molecule has 1 fully saturated rings. The molecule has 1 atom stereocenters. The van der Waals surface area contributed by atoms with Crippen molar-refractivity contribution < 1.29 is 19.1 Å². The van der Waals surface area contributed by atoms with E-state index in [9.17, 15) is 9.59 Å². The minimum Gasteiger partial charge on any atom is -0.444 e. The third-order valence-electron chi connectivity index (χ3n) is 3.35. The maximum atomic E-state index is 12.1. The summed E-state index contributed by atoms with van der Waals surface area (Å²) in [5, 5.41) is 2.75. The van der Waals surface area contributed by atoms with Crippen LogP contribution >= 0.6 is 0 Å².